The Morgan fingerprint density at radius 2 is 1.79 bits per heavy atom. The number of aryl methyl sites for hydroxylation is 1. The number of esters is 1. The SMILES string of the molecule is CCc1c(C(=O)OCC(=O)Nc2ccc(C)cc2)cnn1-c1ccc(F)cc1. The molecule has 28 heavy (non-hydrogen) atoms. The van der Waals surface area contributed by atoms with Crippen LogP contribution in [0.25, 0.3) is 5.69 Å². The van der Waals surface area contributed by atoms with Crippen molar-refractivity contribution < 1.29 is 18.7 Å². The number of benzene rings is 2. The molecular weight excluding hydrogens is 361 g/mol. The number of ether oxygens (including phenoxy) is 1. The normalized spacial score (nSPS) is 10.5. The van der Waals surface area contributed by atoms with Gasteiger partial charge in [0.2, 0.25) is 0 Å². The van der Waals surface area contributed by atoms with E-state index in [0.29, 0.717) is 23.5 Å². The van der Waals surface area contributed by atoms with Crippen molar-refractivity contribution in [3.05, 3.63) is 77.4 Å². The maximum atomic E-state index is 13.1. The molecule has 0 saturated carbocycles. The van der Waals surface area contributed by atoms with Crippen molar-refractivity contribution in [2.24, 2.45) is 0 Å². The lowest BCUT2D eigenvalue weighted by Crippen LogP contribution is -2.21. The van der Waals surface area contributed by atoms with Gasteiger partial charge in [0.05, 0.1) is 17.6 Å². The number of halogens is 1. The highest BCUT2D eigenvalue weighted by Gasteiger charge is 2.19. The van der Waals surface area contributed by atoms with Gasteiger partial charge in [0, 0.05) is 5.69 Å². The second-order valence-corrected chi connectivity index (χ2v) is 6.24. The highest BCUT2D eigenvalue weighted by atomic mass is 19.1. The van der Waals surface area contributed by atoms with Crippen LogP contribution in [0.15, 0.2) is 54.7 Å². The number of aromatic nitrogens is 2. The van der Waals surface area contributed by atoms with E-state index in [2.05, 4.69) is 10.4 Å². The first-order valence-electron chi connectivity index (χ1n) is 8.84. The first kappa shape index (κ1) is 19.3. The first-order chi connectivity index (χ1) is 13.5. The molecule has 0 bridgehead atoms. The molecule has 0 aliphatic heterocycles. The third-order valence-electron chi connectivity index (χ3n) is 4.16. The van der Waals surface area contributed by atoms with E-state index in [9.17, 15) is 14.0 Å². The third-order valence-corrected chi connectivity index (χ3v) is 4.16. The zero-order valence-corrected chi connectivity index (χ0v) is 15.6. The van der Waals surface area contributed by atoms with Crippen LogP contribution < -0.4 is 5.32 Å². The largest absolute Gasteiger partial charge is 0.452 e. The van der Waals surface area contributed by atoms with E-state index < -0.39 is 18.5 Å². The van der Waals surface area contributed by atoms with Crippen molar-refractivity contribution in [1.82, 2.24) is 9.78 Å². The van der Waals surface area contributed by atoms with Crippen LogP contribution in [-0.4, -0.2) is 28.3 Å². The second kappa shape index (κ2) is 8.47. The van der Waals surface area contributed by atoms with Crippen molar-refractivity contribution in [3.8, 4) is 5.69 Å². The molecule has 1 N–H and O–H groups in total. The standard InChI is InChI=1S/C21H20FN3O3/c1-3-19-18(12-23-25(19)17-10-6-15(22)7-11-17)21(27)28-13-20(26)24-16-8-4-14(2)5-9-16/h4-12H,3,13H2,1-2H3,(H,24,26). The van der Waals surface area contributed by atoms with Gasteiger partial charge in [-0.05, 0) is 49.7 Å². The Morgan fingerprint density at radius 1 is 1.11 bits per heavy atom. The Bertz CT molecular complexity index is 979. The lowest BCUT2D eigenvalue weighted by molar-refractivity contribution is -0.119. The molecule has 3 aromatic rings. The number of nitrogens with one attached hydrogen (secondary N) is 1. The second-order valence-electron chi connectivity index (χ2n) is 6.24. The fraction of sp³-hybridized carbons (Fsp3) is 0.190. The molecule has 0 unspecified atom stereocenters. The summed E-state index contributed by atoms with van der Waals surface area (Å²) in [4.78, 5) is 24.4. The predicted molar refractivity (Wildman–Crippen MR) is 103 cm³/mol. The smallest absolute Gasteiger partial charge is 0.342 e. The summed E-state index contributed by atoms with van der Waals surface area (Å²) < 4.78 is 19.8. The molecule has 1 amide bonds. The molecule has 0 radical (unpaired) electrons. The van der Waals surface area contributed by atoms with Crippen LogP contribution in [0.3, 0.4) is 0 Å². The lowest BCUT2D eigenvalue weighted by atomic mass is 10.2. The van der Waals surface area contributed by atoms with Crippen LogP contribution in [0, 0.1) is 12.7 Å². The molecule has 7 heteroatoms. The molecule has 2 aromatic carbocycles. The number of hydrogen-bond acceptors (Lipinski definition) is 4. The van der Waals surface area contributed by atoms with Gasteiger partial charge in [0.1, 0.15) is 11.4 Å². The number of anilines is 1. The molecule has 3 rings (SSSR count). The summed E-state index contributed by atoms with van der Waals surface area (Å²) >= 11 is 0. The minimum absolute atomic E-state index is 0.273. The van der Waals surface area contributed by atoms with Gasteiger partial charge < -0.3 is 10.1 Å². The minimum atomic E-state index is -0.635. The molecule has 0 spiro atoms. The van der Waals surface area contributed by atoms with E-state index in [4.69, 9.17) is 4.74 Å². The number of rotatable bonds is 6. The van der Waals surface area contributed by atoms with E-state index in [1.165, 1.54) is 18.3 Å². The van der Waals surface area contributed by atoms with E-state index in [0.717, 1.165) is 5.56 Å². The number of carbonyl (C=O) groups is 2. The van der Waals surface area contributed by atoms with Crippen molar-refractivity contribution >= 4 is 17.6 Å². The Balaban J connectivity index is 1.66. The van der Waals surface area contributed by atoms with Crippen LogP contribution in [0.2, 0.25) is 0 Å². The van der Waals surface area contributed by atoms with Gasteiger partial charge in [-0.1, -0.05) is 24.6 Å². The summed E-state index contributed by atoms with van der Waals surface area (Å²) in [5, 5.41) is 6.87. The molecule has 0 aliphatic rings. The van der Waals surface area contributed by atoms with Gasteiger partial charge in [0.15, 0.2) is 6.61 Å². The fourth-order valence-electron chi connectivity index (χ4n) is 2.73. The van der Waals surface area contributed by atoms with Crippen LogP contribution in [-0.2, 0) is 16.0 Å². The van der Waals surface area contributed by atoms with Gasteiger partial charge in [0.25, 0.3) is 5.91 Å². The number of amides is 1. The summed E-state index contributed by atoms with van der Waals surface area (Å²) in [6.07, 6.45) is 1.90. The maximum Gasteiger partial charge on any atom is 0.342 e. The van der Waals surface area contributed by atoms with E-state index >= 15 is 0 Å². The van der Waals surface area contributed by atoms with Crippen LogP contribution in [0.1, 0.15) is 28.5 Å². The Labute approximate surface area is 161 Å². The van der Waals surface area contributed by atoms with Gasteiger partial charge in [-0.2, -0.15) is 5.10 Å². The van der Waals surface area contributed by atoms with Crippen molar-refractivity contribution in [3.63, 3.8) is 0 Å². The Kier molecular flexibility index (Phi) is 5.84. The first-order valence-corrected chi connectivity index (χ1v) is 8.84. The molecule has 0 atom stereocenters. The zero-order valence-electron chi connectivity index (χ0n) is 15.6. The highest BCUT2D eigenvalue weighted by Crippen LogP contribution is 2.17. The number of nitrogens with zero attached hydrogens (tertiary/aromatic N) is 2. The average Bonchev–Trinajstić information content (AvgIpc) is 3.12. The Morgan fingerprint density at radius 3 is 2.43 bits per heavy atom. The number of hydrogen-bond donors (Lipinski definition) is 1. The quantitative estimate of drug-likeness (QED) is 0.661. The van der Waals surface area contributed by atoms with Crippen molar-refractivity contribution in [1.29, 1.82) is 0 Å². The van der Waals surface area contributed by atoms with E-state index in [-0.39, 0.29) is 11.4 Å². The predicted octanol–water partition coefficient (Wildman–Crippen LogP) is 3.68. The minimum Gasteiger partial charge on any atom is -0.452 e. The van der Waals surface area contributed by atoms with Gasteiger partial charge in [-0.15, -0.1) is 0 Å². The highest BCUT2D eigenvalue weighted by molar-refractivity contribution is 5.96. The molecule has 0 aliphatic carbocycles. The van der Waals surface area contributed by atoms with E-state index in [1.54, 1.807) is 28.9 Å². The van der Waals surface area contributed by atoms with Crippen LogP contribution in [0.4, 0.5) is 10.1 Å². The van der Waals surface area contributed by atoms with Gasteiger partial charge in [-0.3, -0.25) is 4.79 Å². The maximum absolute atomic E-state index is 13.1. The van der Waals surface area contributed by atoms with E-state index in [1.807, 2.05) is 26.0 Å². The summed E-state index contributed by atoms with van der Waals surface area (Å²) in [5.74, 6) is -1.42. The molecule has 6 nitrogen and oxygen atoms in total. The summed E-state index contributed by atoms with van der Waals surface area (Å²) in [7, 11) is 0. The molecule has 1 aromatic heterocycles. The molecule has 0 saturated heterocycles. The lowest BCUT2D eigenvalue weighted by Gasteiger charge is -2.09. The number of carbonyl (C=O) groups excluding carboxylic acids is 2. The molecule has 144 valence electrons. The Hall–Kier alpha value is -3.48. The fourth-order valence-corrected chi connectivity index (χ4v) is 2.73. The molecule has 1 heterocycles. The summed E-state index contributed by atoms with van der Waals surface area (Å²) in [6, 6.07) is 13.1. The topological polar surface area (TPSA) is 73.2 Å². The molecular formula is C21H20FN3O3. The van der Waals surface area contributed by atoms with Crippen molar-refractivity contribution in [2.75, 3.05) is 11.9 Å². The van der Waals surface area contributed by atoms with Gasteiger partial charge >= 0.3 is 5.97 Å². The molecule has 0 fully saturated rings. The zero-order chi connectivity index (χ0) is 20.1. The summed E-state index contributed by atoms with van der Waals surface area (Å²) in [6.45, 7) is 3.42. The monoisotopic (exact) mass is 381 g/mol. The van der Waals surface area contributed by atoms with Crippen LogP contribution >= 0.6 is 0 Å². The van der Waals surface area contributed by atoms with Gasteiger partial charge in [-0.25, -0.2) is 13.9 Å². The third kappa shape index (κ3) is 4.43. The van der Waals surface area contributed by atoms with Crippen molar-refractivity contribution in [2.45, 2.75) is 20.3 Å². The summed E-state index contributed by atoms with van der Waals surface area (Å²) in [5.41, 5.74) is 3.24. The average molecular weight is 381 g/mol. The van der Waals surface area contributed by atoms with Crippen LogP contribution in [0.5, 0.6) is 0 Å².